The number of hydrogen-bond acceptors (Lipinski definition) is 4. The first kappa shape index (κ1) is 32.7. The molecular formula is C26H32Cl2F3N3O4S. The fourth-order valence-electron chi connectivity index (χ4n) is 3.73. The van der Waals surface area contributed by atoms with Crippen LogP contribution in [0.25, 0.3) is 0 Å². The van der Waals surface area contributed by atoms with Crippen molar-refractivity contribution in [3.05, 3.63) is 63.6 Å². The second-order valence-electron chi connectivity index (χ2n) is 10.2. The third-order valence-electron chi connectivity index (χ3n) is 5.63. The van der Waals surface area contributed by atoms with Crippen LogP contribution in [0.15, 0.2) is 42.5 Å². The summed E-state index contributed by atoms with van der Waals surface area (Å²) in [5.74, 6) is -0.863. The van der Waals surface area contributed by atoms with E-state index in [-0.39, 0.29) is 31.6 Å². The standard InChI is InChI=1S/C26H32Cl2F3N3O4S/c1-17(24(36)32-25(2,3)4)33(16-18-11-12-20(27)15-22(18)28)23(35)10-7-13-34(39(5,37)38)21-9-6-8-19(14-21)26(29,30)31/h6,8-9,11-12,14-15,17H,7,10,13,16H2,1-5H3,(H,32,36)/t17-/m1/s1. The number of halogens is 5. The number of alkyl halides is 3. The van der Waals surface area contributed by atoms with Gasteiger partial charge in [0.2, 0.25) is 21.8 Å². The zero-order valence-corrected chi connectivity index (χ0v) is 24.6. The Balaban J connectivity index is 2.27. The second kappa shape index (κ2) is 12.8. The zero-order chi connectivity index (χ0) is 29.8. The van der Waals surface area contributed by atoms with Crippen molar-refractivity contribution in [1.29, 1.82) is 0 Å². The highest BCUT2D eigenvalue weighted by atomic mass is 35.5. The van der Waals surface area contributed by atoms with Crippen LogP contribution in [0.4, 0.5) is 18.9 Å². The van der Waals surface area contributed by atoms with Crippen LogP contribution in [0.1, 0.15) is 51.7 Å². The quantitative estimate of drug-likeness (QED) is 0.364. The van der Waals surface area contributed by atoms with Gasteiger partial charge in [-0.2, -0.15) is 13.2 Å². The van der Waals surface area contributed by atoms with Gasteiger partial charge < -0.3 is 10.2 Å². The summed E-state index contributed by atoms with van der Waals surface area (Å²) in [5.41, 5.74) is -1.16. The molecule has 0 aromatic heterocycles. The van der Waals surface area contributed by atoms with Gasteiger partial charge in [0.15, 0.2) is 0 Å². The SMILES string of the molecule is C[C@H](C(=O)NC(C)(C)C)N(Cc1ccc(Cl)cc1Cl)C(=O)CCCN(c1cccc(C(F)(F)F)c1)S(C)(=O)=O. The van der Waals surface area contributed by atoms with E-state index in [1.807, 2.05) is 0 Å². The minimum absolute atomic E-state index is 0.0133. The van der Waals surface area contributed by atoms with Crippen molar-refractivity contribution >= 4 is 50.7 Å². The highest BCUT2D eigenvalue weighted by Crippen LogP contribution is 2.32. The average molecular weight is 611 g/mol. The maximum Gasteiger partial charge on any atom is 0.416 e. The number of benzene rings is 2. The van der Waals surface area contributed by atoms with Crippen LogP contribution >= 0.6 is 23.2 Å². The lowest BCUT2D eigenvalue weighted by Gasteiger charge is -2.32. The van der Waals surface area contributed by atoms with Crippen LogP contribution in [-0.4, -0.2) is 49.5 Å². The molecule has 2 amide bonds. The largest absolute Gasteiger partial charge is 0.416 e. The van der Waals surface area contributed by atoms with Crippen molar-refractivity contribution in [3.63, 3.8) is 0 Å². The van der Waals surface area contributed by atoms with Gasteiger partial charge in [0.1, 0.15) is 6.04 Å². The molecule has 2 aromatic rings. The Hall–Kier alpha value is -2.50. The fraction of sp³-hybridized carbons (Fsp3) is 0.462. The zero-order valence-electron chi connectivity index (χ0n) is 22.3. The first-order valence-electron chi connectivity index (χ1n) is 12.0. The normalized spacial score (nSPS) is 13.1. The highest BCUT2D eigenvalue weighted by Gasteiger charge is 2.32. The number of nitrogens with one attached hydrogen (secondary N) is 1. The molecule has 7 nitrogen and oxygen atoms in total. The van der Waals surface area contributed by atoms with Gasteiger partial charge in [0.05, 0.1) is 17.5 Å². The Bertz CT molecular complexity index is 1300. The van der Waals surface area contributed by atoms with Crippen LogP contribution < -0.4 is 9.62 Å². The first-order chi connectivity index (χ1) is 17.8. The molecule has 1 atom stereocenters. The van der Waals surface area contributed by atoms with Crippen molar-refractivity contribution in [2.24, 2.45) is 0 Å². The summed E-state index contributed by atoms with van der Waals surface area (Å²) in [4.78, 5) is 27.6. The Morgan fingerprint density at radius 1 is 1.05 bits per heavy atom. The lowest BCUT2D eigenvalue weighted by Crippen LogP contribution is -2.52. The molecule has 0 aliphatic rings. The van der Waals surface area contributed by atoms with Crippen molar-refractivity contribution in [2.45, 2.75) is 64.8 Å². The molecule has 2 rings (SSSR count). The maximum atomic E-state index is 13.4. The van der Waals surface area contributed by atoms with E-state index in [1.54, 1.807) is 39.8 Å². The summed E-state index contributed by atoms with van der Waals surface area (Å²) < 4.78 is 65.2. The highest BCUT2D eigenvalue weighted by molar-refractivity contribution is 7.92. The van der Waals surface area contributed by atoms with Gasteiger partial charge in [-0.25, -0.2) is 8.42 Å². The molecule has 0 aliphatic carbocycles. The van der Waals surface area contributed by atoms with Crippen molar-refractivity contribution < 1.29 is 31.2 Å². The smallest absolute Gasteiger partial charge is 0.350 e. The second-order valence-corrected chi connectivity index (χ2v) is 12.9. The van der Waals surface area contributed by atoms with Crippen LogP contribution in [-0.2, 0) is 32.3 Å². The first-order valence-corrected chi connectivity index (χ1v) is 14.6. The third kappa shape index (κ3) is 9.88. The Morgan fingerprint density at radius 3 is 2.23 bits per heavy atom. The molecule has 0 fully saturated rings. The van der Waals surface area contributed by atoms with Crippen molar-refractivity contribution in [1.82, 2.24) is 10.2 Å². The van der Waals surface area contributed by atoms with E-state index in [0.717, 1.165) is 28.8 Å². The minimum atomic E-state index is -4.65. The summed E-state index contributed by atoms with van der Waals surface area (Å²) in [5, 5.41) is 3.53. The average Bonchev–Trinajstić information content (AvgIpc) is 2.78. The lowest BCUT2D eigenvalue weighted by molar-refractivity contribution is -0.141. The predicted molar refractivity (Wildman–Crippen MR) is 147 cm³/mol. The van der Waals surface area contributed by atoms with Gasteiger partial charge in [-0.1, -0.05) is 35.3 Å². The van der Waals surface area contributed by atoms with E-state index in [4.69, 9.17) is 23.2 Å². The molecule has 0 saturated carbocycles. The predicted octanol–water partition coefficient (Wildman–Crippen LogP) is 5.89. The van der Waals surface area contributed by atoms with E-state index in [9.17, 15) is 31.2 Å². The molecule has 2 aromatic carbocycles. The molecule has 0 heterocycles. The number of carbonyl (C=O) groups is 2. The molecule has 1 N–H and O–H groups in total. The van der Waals surface area contributed by atoms with Crippen LogP contribution in [0.3, 0.4) is 0 Å². The van der Waals surface area contributed by atoms with Gasteiger partial charge in [-0.05, 0) is 70.0 Å². The van der Waals surface area contributed by atoms with Crippen LogP contribution in [0.2, 0.25) is 10.0 Å². The number of anilines is 1. The van der Waals surface area contributed by atoms with Gasteiger partial charge in [-0.15, -0.1) is 0 Å². The number of nitrogens with zero attached hydrogens (tertiary/aromatic N) is 2. The lowest BCUT2D eigenvalue weighted by atomic mass is 10.1. The molecule has 0 spiro atoms. The third-order valence-corrected chi connectivity index (χ3v) is 7.42. The van der Waals surface area contributed by atoms with E-state index in [1.165, 1.54) is 17.0 Å². The summed E-state index contributed by atoms with van der Waals surface area (Å²) >= 11 is 12.3. The minimum Gasteiger partial charge on any atom is -0.350 e. The van der Waals surface area contributed by atoms with E-state index >= 15 is 0 Å². The maximum absolute atomic E-state index is 13.4. The number of carbonyl (C=O) groups excluding carboxylic acids is 2. The number of sulfonamides is 1. The summed E-state index contributed by atoms with van der Waals surface area (Å²) in [6.45, 7) is 6.70. The monoisotopic (exact) mass is 609 g/mol. The molecule has 0 unspecified atom stereocenters. The Labute approximate surface area is 237 Å². The molecule has 13 heteroatoms. The molecule has 0 bridgehead atoms. The van der Waals surface area contributed by atoms with Crippen LogP contribution in [0.5, 0.6) is 0 Å². The molecule has 0 aliphatic heterocycles. The number of hydrogen-bond donors (Lipinski definition) is 1. The van der Waals surface area contributed by atoms with E-state index < -0.39 is 45.2 Å². The number of amides is 2. The topological polar surface area (TPSA) is 86.8 Å². The van der Waals surface area contributed by atoms with E-state index in [2.05, 4.69) is 5.32 Å². The number of rotatable bonds is 10. The summed E-state index contributed by atoms with van der Waals surface area (Å²) in [6.07, 6.45) is -3.96. The van der Waals surface area contributed by atoms with Gasteiger partial charge in [-0.3, -0.25) is 13.9 Å². The molecule has 0 radical (unpaired) electrons. The van der Waals surface area contributed by atoms with Crippen molar-refractivity contribution in [3.8, 4) is 0 Å². The van der Waals surface area contributed by atoms with Crippen molar-refractivity contribution in [2.75, 3.05) is 17.1 Å². The van der Waals surface area contributed by atoms with Gasteiger partial charge in [0, 0.05) is 35.1 Å². The summed E-state index contributed by atoms with van der Waals surface area (Å²) in [7, 11) is -3.96. The fourth-order valence-corrected chi connectivity index (χ4v) is 5.16. The molecule has 39 heavy (non-hydrogen) atoms. The Morgan fingerprint density at radius 2 is 1.69 bits per heavy atom. The van der Waals surface area contributed by atoms with Gasteiger partial charge in [0.25, 0.3) is 0 Å². The van der Waals surface area contributed by atoms with E-state index in [0.29, 0.717) is 15.6 Å². The molecule has 216 valence electrons. The summed E-state index contributed by atoms with van der Waals surface area (Å²) in [6, 6.07) is 7.81. The van der Waals surface area contributed by atoms with Gasteiger partial charge >= 0.3 is 6.18 Å². The Kier molecular flexibility index (Phi) is 10.7. The molecule has 0 saturated heterocycles. The van der Waals surface area contributed by atoms with Crippen LogP contribution in [0, 0.1) is 0 Å². The molecular weight excluding hydrogens is 578 g/mol.